The van der Waals surface area contributed by atoms with Crippen molar-refractivity contribution in [3.63, 3.8) is 0 Å². The molecular weight excluding hydrogens is 325 g/mol. The van der Waals surface area contributed by atoms with Crippen molar-refractivity contribution in [1.82, 2.24) is 5.32 Å². The third-order valence-corrected chi connectivity index (χ3v) is 4.38. The fraction of sp³-hybridized carbons (Fsp3) is 0.500. The van der Waals surface area contributed by atoms with Gasteiger partial charge in [-0.25, -0.2) is 0 Å². The quantitative estimate of drug-likeness (QED) is 0.860. The third-order valence-electron chi connectivity index (χ3n) is 2.59. The lowest BCUT2D eigenvalue weighted by atomic mass is 9.89. The highest BCUT2D eigenvalue weighted by atomic mass is 127. The number of carbonyl (C=O) groups is 1. The Morgan fingerprint density at radius 1 is 1.67 bits per heavy atom. The normalized spacial score (nSPS) is 24.7. The van der Waals surface area contributed by atoms with Crippen LogP contribution in [0, 0.1) is 2.88 Å². The van der Waals surface area contributed by atoms with Crippen molar-refractivity contribution in [3.8, 4) is 0 Å². The first-order valence-corrected chi connectivity index (χ1v) is 6.72. The van der Waals surface area contributed by atoms with Gasteiger partial charge in [-0.3, -0.25) is 4.79 Å². The minimum Gasteiger partial charge on any atom is -0.381 e. The predicted octanol–water partition coefficient (Wildman–Crippen LogP) is 2.26. The van der Waals surface area contributed by atoms with E-state index < -0.39 is 0 Å². The molecule has 1 heterocycles. The molecule has 1 aromatic rings. The molecule has 3 nitrogen and oxygen atoms in total. The van der Waals surface area contributed by atoms with Crippen LogP contribution in [0.1, 0.15) is 23.2 Å². The fourth-order valence-corrected chi connectivity index (χ4v) is 2.90. The monoisotopic (exact) mass is 337 g/mol. The van der Waals surface area contributed by atoms with Gasteiger partial charge in [0.1, 0.15) is 0 Å². The Morgan fingerprint density at radius 2 is 2.40 bits per heavy atom. The topological polar surface area (TPSA) is 38.3 Å². The Balaban J connectivity index is 1.84. The Hall–Kier alpha value is -0.140. The van der Waals surface area contributed by atoms with Gasteiger partial charge in [0.05, 0.1) is 14.6 Å². The average molecular weight is 337 g/mol. The molecule has 0 aliphatic heterocycles. The number of ether oxygens (including phenoxy) is 1. The lowest BCUT2D eigenvalue weighted by Crippen LogP contribution is -2.47. The minimum atomic E-state index is 0.0359. The average Bonchev–Trinajstić information content (AvgIpc) is 2.57. The molecule has 1 aromatic heterocycles. The highest BCUT2D eigenvalue weighted by Crippen LogP contribution is 2.23. The summed E-state index contributed by atoms with van der Waals surface area (Å²) in [7, 11) is 1.71. The van der Waals surface area contributed by atoms with Crippen molar-refractivity contribution in [2.45, 2.75) is 25.0 Å². The van der Waals surface area contributed by atoms with Crippen LogP contribution in [0.2, 0.25) is 0 Å². The van der Waals surface area contributed by atoms with Gasteiger partial charge in [0.2, 0.25) is 0 Å². The van der Waals surface area contributed by atoms with E-state index in [9.17, 15) is 4.79 Å². The molecule has 1 fully saturated rings. The van der Waals surface area contributed by atoms with Gasteiger partial charge in [0.25, 0.3) is 5.91 Å². The third kappa shape index (κ3) is 2.70. The van der Waals surface area contributed by atoms with E-state index in [1.807, 2.05) is 11.4 Å². The zero-order valence-electron chi connectivity index (χ0n) is 8.33. The van der Waals surface area contributed by atoms with E-state index in [4.69, 9.17) is 4.74 Å². The van der Waals surface area contributed by atoms with E-state index in [-0.39, 0.29) is 5.91 Å². The number of hydrogen-bond acceptors (Lipinski definition) is 3. The molecule has 2 rings (SSSR count). The van der Waals surface area contributed by atoms with Crippen molar-refractivity contribution in [2.75, 3.05) is 7.11 Å². The smallest absolute Gasteiger partial charge is 0.252 e. The van der Waals surface area contributed by atoms with Crippen LogP contribution in [0.3, 0.4) is 0 Å². The summed E-state index contributed by atoms with van der Waals surface area (Å²) in [4.78, 5) is 11.7. The van der Waals surface area contributed by atoms with E-state index in [0.29, 0.717) is 12.1 Å². The van der Waals surface area contributed by atoms with Gasteiger partial charge >= 0.3 is 0 Å². The molecule has 5 heteroatoms. The summed E-state index contributed by atoms with van der Waals surface area (Å²) < 4.78 is 6.30. The summed E-state index contributed by atoms with van der Waals surface area (Å²) in [6.45, 7) is 0. The molecule has 1 saturated carbocycles. The van der Waals surface area contributed by atoms with Crippen molar-refractivity contribution >= 4 is 39.8 Å². The lowest BCUT2D eigenvalue weighted by Gasteiger charge is -2.34. The van der Waals surface area contributed by atoms with Gasteiger partial charge in [0.15, 0.2) is 0 Å². The SMILES string of the molecule is COC1CC(NC(=O)c2csc(I)c2)C1. The summed E-state index contributed by atoms with van der Waals surface area (Å²) in [5.74, 6) is 0.0359. The zero-order valence-corrected chi connectivity index (χ0v) is 11.3. The van der Waals surface area contributed by atoms with Gasteiger partial charge in [-0.05, 0) is 41.5 Å². The maximum atomic E-state index is 11.7. The van der Waals surface area contributed by atoms with Crippen LogP contribution in [0.25, 0.3) is 0 Å². The minimum absolute atomic E-state index is 0.0359. The molecule has 0 aromatic carbocycles. The van der Waals surface area contributed by atoms with E-state index in [1.165, 1.54) is 0 Å². The van der Waals surface area contributed by atoms with Gasteiger partial charge < -0.3 is 10.1 Å². The summed E-state index contributed by atoms with van der Waals surface area (Å²) in [5.41, 5.74) is 0.769. The molecule has 0 bridgehead atoms. The van der Waals surface area contributed by atoms with E-state index in [1.54, 1.807) is 18.4 Å². The Bertz CT molecular complexity index is 360. The van der Waals surface area contributed by atoms with Crippen molar-refractivity contribution in [1.29, 1.82) is 0 Å². The Labute approximate surface area is 106 Å². The fourth-order valence-electron chi connectivity index (χ4n) is 1.57. The summed E-state index contributed by atoms with van der Waals surface area (Å²) >= 11 is 3.81. The first-order chi connectivity index (χ1) is 7.19. The second kappa shape index (κ2) is 4.80. The molecule has 0 unspecified atom stereocenters. The number of methoxy groups -OCH3 is 1. The maximum absolute atomic E-state index is 11.7. The number of nitrogens with one attached hydrogen (secondary N) is 1. The maximum Gasteiger partial charge on any atom is 0.252 e. The summed E-state index contributed by atoms with van der Waals surface area (Å²) in [6, 6.07) is 2.20. The molecule has 0 spiro atoms. The van der Waals surface area contributed by atoms with Crippen LogP contribution in [0.4, 0.5) is 0 Å². The number of amides is 1. The Morgan fingerprint density at radius 3 is 2.93 bits per heavy atom. The van der Waals surface area contributed by atoms with Gasteiger partial charge in [-0.15, -0.1) is 11.3 Å². The predicted molar refractivity (Wildman–Crippen MR) is 68.3 cm³/mol. The van der Waals surface area contributed by atoms with E-state index in [0.717, 1.165) is 21.3 Å². The van der Waals surface area contributed by atoms with Crippen LogP contribution < -0.4 is 5.32 Å². The first kappa shape index (κ1) is 11.3. The number of thiophene rings is 1. The largest absolute Gasteiger partial charge is 0.381 e. The Kier molecular flexibility index (Phi) is 3.63. The second-order valence-electron chi connectivity index (χ2n) is 3.64. The molecule has 1 aliphatic rings. The summed E-state index contributed by atoms with van der Waals surface area (Å²) in [5, 5.41) is 4.89. The lowest BCUT2D eigenvalue weighted by molar-refractivity contribution is 0.0176. The molecule has 1 aliphatic carbocycles. The molecular formula is C10H12INO2S. The van der Waals surface area contributed by atoms with Crippen LogP contribution in [0.15, 0.2) is 11.4 Å². The molecule has 1 N–H and O–H groups in total. The highest BCUT2D eigenvalue weighted by Gasteiger charge is 2.30. The standard InChI is InChI=1S/C10H12INO2S/c1-14-8-3-7(4-8)12-10(13)6-2-9(11)15-5-6/h2,5,7-8H,3-4H2,1H3,(H,12,13). The van der Waals surface area contributed by atoms with E-state index in [2.05, 4.69) is 27.9 Å². The number of halogens is 1. The molecule has 0 atom stereocenters. The summed E-state index contributed by atoms with van der Waals surface area (Å²) in [6.07, 6.45) is 2.20. The number of carbonyl (C=O) groups excluding carboxylic acids is 1. The highest BCUT2D eigenvalue weighted by molar-refractivity contribution is 14.1. The van der Waals surface area contributed by atoms with Crippen molar-refractivity contribution < 1.29 is 9.53 Å². The van der Waals surface area contributed by atoms with E-state index >= 15 is 0 Å². The second-order valence-corrected chi connectivity index (χ2v) is 6.44. The van der Waals surface area contributed by atoms with Gasteiger partial charge in [-0.1, -0.05) is 0 Å². The molecule has 1 amide bonds. The van der Waals surface area contributed by atoms with Crippen LogP contribution >= 0.6 is 33.9 Å². The van der Waals surface area contributed by atoms with Crippen molar-refractivity contribution in [3.05, 3.63) is 19.9 Å². The van der Waals surface area contributed by atoms with Gasteiger partial charge in [-0.2, -0.15) is 0 Å². The molecule has 0 saturated heterocycles. The van der Waals surface area contributed by atoms with Crippen LogP contribution in [-0.4, -0.2) is 25.2 Å². The first-order valence-electron chi connectivity index (χ1n) is 4.76. The van der Waals surface area contributed by atoms with Crippen LogP contribution in [0.5, 0.6) is 0 Å². The van der Waals surface area contributed by atoms with Crippen LogP contribution in [-0.2, 0) is 4.74 Å². The zero-order chi connectivity index (χ0) is 10.8. The van der Waals surface area contributed by atoms with Gasteiger partial charge in [0, 0.05) is 18.5 Å². The number of hydrogen-bond donors (Lipinski definition) is 1. The molecule has 15 heavy (non-hydrogen) atoms. The number of rotatable bonds is 3. The molecule has 0 radical (unpaired) electrons. The molecule has 82 valence electrons. The van der Waals surface area contributed by atoms with Crippen molar-refractivity contribution in [2.24, 2.45) is 0 Å².